The second-order valence-electron chi connectivity index (χ2n) is 2.16. The van der Waals surface area contributed by atoms with Crippen molar-refractivity contribution in [2.24, 2.45) is 0 Å². The van der Waals surface area contributed by atoms with Crippen molar-refractivity contribution in [2.45, 2.75) is 12.3 Å². The monoisotopic (exact) mass is 226 g/mol. The van der Waals surface area contributed by atoms with Gasteiger partial charge in [0.25, 0.3) is 0 Å². The summed E-state index contributed by atoms with van der Waals surface area (Å²) in [6.45, 7) is -2.67. The summed E-state index contributed by atoms with van der Waals surface area (Å²) in [6.07, 6.45) is -10.9. The second-order valence-corrected chi connectivity index (χ2v) is 2.16. The third kappa shape index (κ3) is 4.66. The van der Waals surface area contributed by atoms with E-state index >= 15 is 0 Å². The molecule has 0 spiro atoms. The van der Waals surface area contributed by atoms with Crippen LogP contribution in [-0.2, 0) is 9.47 Å². The molecule has 0 aliphatic heterocycles. The fraction of sp³-hybridized carbons (Fsp3) is 1.00. The molecule has 86 valence electrons. The maximum absolute atomic E-state index is 12.0. The van der Waals surface area contributed by atoms with E-state index in [4.69, 9.17) is 0 Å². The molecule has 2 nitrogen and oxygen atoms in total. The maximum atomic E-state index is 12.0. The van der Waals surface area contributed by atoms with Gasteiger partial charge >= 0.3 is 12.3 Å². The highest BCUT2D eigenvalue weighted by Gasteiger charge is 2.59. The zero-order valence-electron chi connectivity index (χ0n) is 6.91. The molecule has 0 aliphatic carbocycles. The fourth-order valence-electron chi connectivity index (χ4n) is 0.467. The van der Waals surface area contributed by atoms with E-state index in [-0.39, 0.29) is 6.61 Å². The van der Waals surface area contributed by atoms with Crippen LogP contribution in [0.15, 0.2) is 0 Å². The van der Waals surface area contributed by atoms with Crippen molar-refractivity contribution in [1.29, 1.82) is 0 Å². The van der Waals surface area contributed by atoms with Crippen LogP contribution in [0.3, 0.4) is 0 Å². The van der Waals surface area contributed by atoms with Gasteiger partial charge in [0.1, 0.15) is 6.67 Å². The molecule has 0 unspecified atom stereocenters. The molecule has 14 heavy (non-hydrogen) atoms. The first kappa shape index (κ1) is 13.5. The summed E-state index contributed by atoms with van der Waals surface area (Å²) in [6, 6.07) is 0. The Balaban J connectivity index is 3.67. The molecule has 0 N–H and O–H groups in total. The Morgan fingerprint density at radius 2 is 1.43 bits per heavy atom. The van der Waals surface area contributed by atoms with Crippen molar-refractivity contribution in [3.05, 3.63) is 0 Å². The van der Waals surface area contributed by atoms with Gasteiger partial charge in [-0.05, 0) is 0 Å². The minimum Gasteiger partial charge on any atom is -0.376 e. The highest BCUT2D eigenvalue weighted by Crippen LogP contribution is 2.35. The number of alkyl halides is 6. The first-order valence-electron chi connectivity index (χ1n) is 3.53. The summed E-state index contributed by atoms with van der Waals surface area (Å²) in [4.78, 5) is 0. The lowest BCUT2D eigenvalue weighted by atomic mass is 10.6. The van der Waals surface area contributed by atoms with E-state index in [2.05, 4.69) is 9.47 Å². The average molecular weight is 226 g/mol. The van der Waals surface area contributed by atoms with Crippen LogP contribution >= 0.6 is 0 Å². The van der Waals surface area contributed by atoms with Crippen molar-refractivity contribution < 1.29 is 35.8 Å². The van der Waals surface area contributed by atoms with Gasteiger partial charge in [-0.15, -0.1) is 0 Å². The van der Waals surface area contributed by atoms with Gasteiger partial charge < -0.3 is 9.47 Å². The third-order valence-corrected chi connectivity index (χ3v) is 1.06. The Bertz CT molecular complexity index is 157. The largest absolute Gasteiger partial charge is 0.482 e. The highest BCUT2D eigenvalue weighted by atomic mass is 19.4. The van der Waals surface area contributed by atoms with Crippen LogP contribution in [0.25, 0.3) is 0 Å². The normalized spacial score (nSPS) is 13.3. The molecule has 0 saturated carbocycles. The van der Waals surface area contributed by atoms with E-state index in [0.29, 0.717) is 0 Å². The van der Waals surface area contributed by atoms with Gasteiger partial charge in [-0.3, -0.25) is 0 Å². The van der Waals surface area contributed by atoms with Gasteiger partial charge in [-0.2, -0.15) is 22.0 Å². The zero-order chi connectivity index (χ0) is 11.2. The molecule has 0 fully saturated rings. The van der Waals surface area contributed by atoms with Crippen LogP contribution in [0.4, 0.5) is 26.3 Å². The average Bonchev–Trinajstić information content (AvgIpc) is 2.02. The number of ether oxygens (including phenoxy) is 2. The van der Waals surface area contributed by atoms with Gasteiger partial charge in [-0.1, -0.05) is 0 Å². The van der Waals surface area contributed by atoms with Gasteiger partial charge in [0.2, 0.25) is 0 Å². The lowest BCUT2D eigenvalue weighted by Gasteiger charge is -2.19. The maximum Gasteiger partial charge on any atom is 0.482 e. The molecule has 0 aromatic carbocycles. The van der Waals surface area contributed by atoms with Crippen molar-refractivity contribution in [3.63, 3.8) is 0 Å². The van der Waals surface area contributed by atoms with Gasteiger partial charge in [0.05, 0.1) is 19.8 Å². The number of rotatable bonds is 6. The summed E-state index contributed by atoms with van der Waals surface area (Å²) in [5.41, 5.74) is 0. The van der Waals surface area contributed by atoms with E-state index in [1.165, 1.54) is 0 Å². The molecule has 0 aromatic heterocycles. The number of hydrogen-bond acceptors (Lipinski definition) is 2. The van der Waals surface area contributed by atoms with Crippen molar-refractivity contribution in [1.82, 2.24) is 0 Å². The topological polar surface area (TPSA) is 18.5 Å². The molecular weight excluding hydrogens is 218 g/mol. The molecule has 0 amide bonds. The number of hydrogen-bond donors (Lipinski definition) is 0. The molecule has 0 atom stereocenters. The van der Waals surface area contributed by atoms with Crippen LogP contribution < -0.4 is 0 Å². The van der Waals surface area contributed by atoms with Crippen LogP contribution in [0.2, 0.25) is 0 Å². The lowest BCUT2D eigenvalue weighted by Crippen LogP contribution is -2.39. The third-order valence-electron chi connectivity index (χ3n) is 1.06. The Labute approximate surface area is 75.8 Å². The number of halogens is 6. The highest BCUT2D eigenvalue weighted by molar-refractivity contribution is 4.63. The Morgan fingerprint density at radius 1 is 0.857 bits per heavy atom. The SMILES string of the molecule is FCCOCCOC(F)(F)C(F)(F)F. The van der Waals surface area contributed by atoms with E-state index in [1.807, 2.05) is 0 Å². The predicted molar refractivity (Wildman–Crippen MR) is 33.7 cm³/mol. The summed E-state index contributed by atoms with van der Waals surface area (Å²) in [5, 5.41) is 0. The van der Waals surface area contributed by atoms with Crippen molar-refractivity contribution in [2.75, 3.05) is 26.5 Å². The first-order valence-corrected chi connectivity index (χ1v) is 3.53. The quantitative estimate of drug-likeness (QED) is 0.510. The minimum atomic E-state index is -5.74. The Hall–Kier alpha value is -0.500. The molecule has 0 saturated heterocycles. The smallest absolute Gasteiger partial charge is 0.376 e. The summed E-state index contributed by atoms with van der Waals surface area (Å²) in [7, 11) is 0. The van der Waals surface area contributed by atoms with E-state index in [1.54, 1.807) is 0 Å². The van der Waals surface area contributed by atoms with Crippen LogP contribution in [0.1, 0.15) is 0 Å². The Morgan fingerprint density at radius 3 is 1.86 bits per heavy atom. The van der Waals surface area contributed by atoms with Crippen LogP contribution in [0, 0.1) is 0 Å². The van der Waals surface area contributed by atoms with Gasteiger partial charge in [-0.25, -0.2) is 4.39 Å². The molecule has 0 rings (SSSR count). The van der Waals surface area contributed by atoms with E-state index in [0.717, 1.165) is 0 Å². The molecule has 0 bridgehead atoms. The molecule has 0 radical (unpaired) electrons. The van der Waals surface area contributed by atoms with E-state index < -0.39 is 32.2 Å². The molecule has 0 aromatic rings. The summed E-state index contributed by atoms with van der Waals surface area (Å²) < 4.78 is 77.1. The molecule has 0 aliphatic rings. The predicted octanol–water partition coefficient (Wildman–Crippen LogP) is 2.14. The van der Waals surface area contributed by atoms with E-state index in [9.17, 15) is 26.3 Å². The fourth-order valence-corrected chi connectivity index (χ4v) is 0.467. The second kappa shape index (κ2) is 5.40. The zero-order valence-corrected chi connectivity index (χ0v) is 6.91. The summed E-state index contributed by atoms with van der Waals surface area (Å²) in [5.74, 6) is 0. The van der Waals surface area contributed by atoms with Crippen LogP contribution in [-0.4, -0.2) is 38.8 Å². The first-order chi connectivity index (χ1) is 6.31. The van der Waals surface area contributed by atoms with Crippen molar-refractivity contribution in [3.8, 4) is 0 Å². The molecule has 8 heteroatoms. The van der Waals surface area contributed by atoms with Crippen molar-refractivity contribution >= 4 is 0 Å². The standard InChI is InChI=1S/C6H8F6O2/c7-1-2-13-3-4-14-6(11,12)5(8,9)10/h1-4H2. The molecular formula is C6H8F6O2. The summed E-state index contributed by atoms with van der Waals surface area (Å²) >= 11 is 0. The minimum absolute atomic E-state index is 0.360. The lowest BCUT2D eigenvalue weighted by molar-refractivity contribution is -0.392. The van der Waals surface area contributed by atoms with Gasteiger partial charge in [0, 0.05) is 0 Å². The van der Waals surface area contributed by atoms with Crippen LogP contribution in [0.5, 0.6) is 0 Å². The van der Waals surface area contributed by atoms with Gasteiger partial charge in [0.15, 0.2) is 0 Å². The molecule has 0 heterocycles. The Kier molecular flexibility index (Phi) is 5.21.